The Morgan fingerprint density at radius 1 is 0.720 bits per heavy atom. The molecule has 0 aliphatic heterocycles. The van der Waals surface area contributed by atoms with Crippen molar-refractivity contribution in [3.63, 3.8) is 0 Å². The zero-order chi connectivity index (χ0) is 17.5. The lowest BCUT2D eigenvalue weighted by atomic mass is 9.97. The minimum absolute atomic E-state index is 0.281. The molecule has 3 aromatic carbocycles. The Labute approximate surface area is 151 Å². The third-order valence-corrected chi connectivity index (χ3v) is 5.07. The molecule has 25 heavy (non-hydrogen) atoms. The quantitative estimate of drug-likeness (QED) is 0.228. The number of carbonyl (C=O) groups excluding carboxylic acids is 1. The highest BCUT2D eigenvalue weighted by atomic mass is 16.1. The van der Waals surface area contributed by atoms with Gasteiger partial charge in [0.15, 0.2) is 5.78 Å². The minimum Gasteiger partial charge on any atom is -0.294 e. The highest BCUT2D eigenvalue weighted by Gasteiger charge is 2.08. The van der Waals surface area contributed by atoms with Crippen LogP contribution in [0.25, 0.3) is 21.5 Å². The van der Waals surface area contributed by atoms with Crippen molar-refractivity contribution in [2.24, 2.45) is 0 Å². The second kappa shape index (κ2) is 8.80. The molecule has 0 aliphatic rings. The number of benzene rings is 3. The first kappa shape index (κ1) is 17.7. The van der Waals surface area contributed by atoms with Gasteiger partial charge in [-0.25, -0.2) is 0 Å². The van der Waals surface area contributed by atoms with Crippen LogP contribution in [0.5, 0.6) is 0 Å². The van der Waals surface area contributed by atoms with Gasteiger partial charge in [0, 0.05) is 12.0 Å². The van der Waals surface area contributed by atoms with Crippen molar-refractivity contribution in [1.82, 2.24) is 0 Å². The van der Waals surface area contributed by atoms with Gasteiger partial charge in [0.05, 0.1) is 0 Å². The van der Waals surface area contributed by atoms with E-state index in [1.165, 1.54) is 54.7 Å². The van der Waals surface area contributed by atoms with Crippen molar-refractivity contribution in [2.75, 3.05) is 0 Å². The van der Waals surface area contributed by atoms with Crippen LogP contribution in [0.2, 0.25) is 0 Å². The summed E-state index contributed by atoms with van der Waals surface area (Å²) in [5.74, 6) is 0.281. The van der Waals surface area contributed by atoms with Crippen LogP contribution in [0.1, 0.15) is 68.6 Å². The molecule has 0 aliphatic carbocycles. The van der Waals surface area contributed by atoms with Crippen LogP contribution in [0.4, 0.5) is 0 Å². The first-order valence-corrected chi connectivity index (χ1v) is 9.74. The second-order valence-electron chi connectivity index (χ2n) is 7.02. The number of hydrogen-bond acceptors (Lipinski definition) is 1. The smallest absolute Gasteiger partial charge is 0.162 e. The molecule has 0 saturated carbocycles. The lowest BCUT2D eigenvalue weighted by Crippen LogP contribution is -1.99. The van der Waals surface area contributed by atoms with E-state index in [0.717, 1.165) is 17.4 Å². The highest BCUT2D eigenvalue weighted by molar-refractivity contribution is 6.09. The SMILES string of the molecule is CCCCCCCCCC(=O)c1ccc2c(ccc3ccccc32)c1. The number of carbonyl (C=O) groups is 1. The number of fused-ring (bicyclic) bond motifs is 3. The van der Waals surface area contributed by atoms with Gasteiger partial charge < -0.3 is 0 Å². The Morgan fingerprint density at radius 3 is 2.24 bits per heavy atom. The van der Waals surface area contributed by atoms with Gasteiger partial charge in [0.1, 0.15) is 0 Å². The van der Waals surface area contributed by atoms with Gasteiger partial charge in [-0.2, -0.15) is 0 Å². The van der Waals surface area contributed by atoms with Crippen LogP contribution < -0.4 is 0 Å². The summed E-state index contributed by atoms with van der Waals surface area (Å²) in [7, 11) is 0. The Morgan fingerprint density at radius 2 is 1.40 bits per heavy atom. The maximum Gasteiger partial charge on any atom is 0.162 e. The fourth-order valence-electron chi connectivity index (χ4n) is 3.57. The molecule has 0 radical (unpaired) electrons. The van der Waals surface area contributed by atoms with Crippen LogP contribution >= 0.6 is 0 Å². The van der Waals surface area contributed by atoms with Gasteiger partial charge in [-0.05, 0) is 34.0 Å². The Bertz CT molecular complexity index is 847. The number of ketones is 1. The molecule has 0 unspecified atom stereocenters. The van der Waals surface area contributed by atoms with Gasteiger partial charge in [0.25, 0.3) is 0 Å². The average molecular weight is 332 g/mol. The fraction of sp³-hybridized carbons (Fsp3) is 0.375. The summed E-state index contributed by atoms with van der Waals surface area (Å²) in [4.78, 5) is 12.5. The Hall–Kier alpha value is -2.15. The molecule has 1 heteroatoms. The van der Waals surface area contributed by atoms with E-state index in [2.05, 4.69) is 55.5 Å². The molecular weight excluding hydrogens is 304 g/mol. The topological polar surface area (TPSA) is 17.1 Å². The maximum absolute atomic E-state index is 12.5. The predicted molar refractivity (Wildman–Crippen MR) is 108 cm³/mol. The molecule has 0 amide bonds. The van der Waals surface area contributed by atoms with E-state index in [0.29, 0.717) is 6.42 Å². The molecule has 1 nitrogen and oxygen atoms in total. The van der Waals surface area contributed by atoms with Crippen molar-refractivity contribution in [3.05, 3.63) is 60.2 Å². The van der Waals surface area contributed by atoms with E-state index in [9.17, 15) is 4.79 Å². The lowest BCUT2D eigenvalue weighted by Gasteiger charge is -2.07. The monoisotopic (exact) mass is 332 g/mol. The predicted octanol–water partition coefficient (Wildman–Crippen LogP) is 7.32. The first-order chi connectivity index (χ1) is 12.3. The van der Waals surface area contributed by atoms with Crippen LogP contribution in [-0.2, 0) is 0 Å². The average Bonchev–Trinajstić information content (AvgIpc) is 2.66. The molecule has 0 spiro atoms. The number of hydrogen-bond donors (Lipinski definition) is 0. The highest BCUT2D eigenvalue weighted by Crippen LogP contribution is 2.26. The molecule has 0 saturated heterocycles. The van der Waals surface area contributed by atoms with Crippen molar-refractivity contribution >= 4 is 27.3 Å². The van der Waals surface area contributed by atoms with Crippen molar-refractivity contribution in [1.29, 1.82) is 0 Å². The van der Waals surface area contributed by atoms with E-state index in [4.69, 9.17) is 0 Å². The summed E-state index contributed by atoms with van der Waals surface area (Å²) in [5, 5.41) is 4.89. The number of unbranched alkanes of at least 4 members (excludes halogenated alkanes) is 6. The first-order valence-electron chi connectivity index (χ1n) is 9.74. The summed E-state index contributed by atoms with van der Waals surface area (Å²) < 4.78 is 0. The van der Waals surface area contributed by atoms with Gasteiger partial charge in [0.2, 0.25) is 0 Å². The molecule has 0 aromatic heterocycles. The summed E-state index contributed by atoms with van der Waals surface area (Å²) in [5.41, 5.74) is 0.855. The van der Waals surface area contributed by atoms with E-state index >= 15 is 0 Å². The van der Waals surface area contributed by atoms with Crippen molar-refractivity contribution in [2.45, 2.75) is 58.3 Å². The lowest BCUT2D eigenvalue weighted by molar-refractivity contribution is 0.0979. The largest absolute Gasteiger partial charge is 0.294 e. The van der Waals surface area contributed by atoms with Crippen LogP contribution in [0, 0.1) is 0 Å². The van der Waals surface area contributed by atoms with Crippen LogP contribution in [0.3, 0.4) is 0 Å². The van der Waals surface area contributed by atoms with Gasteiger partial charge >= 0.3 is 0 Å². The fourth-order valence-corrected chi connectivity index (χ4v) is 3.57. The van der Waals surface area contributed by atoms with E-state index in [1.807, 2.05) is 6.07 Å². The summed E-state index contributed by atoms with van der Waals surface area (Å²) >= 11 is 0. The standard InChI is InChI=1S/C24H28O/c1-2-3-4-5-6-7-8-13-24(25)21-16-17-23-20(18-21)15-14-19-11-9-10-12-22(19)23/h9-12,14-18H,2-8,13H2,1H3. The minimum atomic E-state index is 0.281. The third-order valence-electron chi connectivity index (χ3n) is 5.07. The zero-order valence-corrected chi connectivity index (χ0v) is 15.3. The molecule has 3 rings (SSSR count). The molecule has 0 heterocycles. The molecule has 0 fully saturated rings. The molecule has 0 N–H and O–H groups in total. The normalized spacial score (nSPS) is 11.2. The van der Waals surface area contributed by atoms with Gasteiger partial charge in [-0.1, -0.05) is 94.0 Å². The van der Waals surface area contributed by atoms with E-state index in [-0.39, 0.29) is 5.78 Å². The van der Waals surface area contributed by atoms with Crippen molar-refractivity contribution in [3.8, 4) is 0 Å². The van der Waals surface area contributed by atoms with E-state index in [1.54, 1.807) is 0 Å². The summed E-state index contributed by atoms with van der Waals surface area (Å²) in [6.45, 7) is 2.24. The Kier molecular flexibility index (Phi) is 6.22. The molecule has 0 atom stereocenters. The molecule has 130 valence electrons. The number of Topliss-reactive ketones (excluding diaryl/α,β-unsaturated/α-hetero) is 1. The van der Waals surface area contributed by atoms with Gasteiger partial charge in [-0.3, -0.25) is 4.79 Å². The maximum atomic E-state index is 12.5. The van der Waals surface area contributed by atoms with Crippen LogP contribution in [-0.4, -0.2) is 5.78 Å². The zero-order valence-electron chi connectivity index (χ0n) is 15.3. The van der Waals surface area contributed by atoms with E-state index < -0.39 is 0 Å². The van der Waals surface area contributed by atoms with Crippen LogP contribution in [0.15, 0.2) is 54.6 Å². The van der Waals surface area contributed by atoms with Crippen molar-refractivity contribution < 1.29 is 4.79 Å². The molecular formula is C24H28O. The van der Waals surface area contributed by atoms with Gasteiger partial charge in [-0.15, -0.1) is 0 Å². The second-order valence-corrected chi connectivity index (χ2v) is 7.02. The molecule has 0 bridgehead atoms. The molecule has 3 aromatic rings. The summed E-state index contributed by atoms with van der Waals surface area (Å²) in [6.07, 6.45) is 9.40. The Balaban J connectivity index is 1.61. The third kappa shape index (κ3) is 4.48. The summed E-state index contributed by atoms with van der Waals surface area (Å²) in [6, 6.07) is 18.9. The number of rotatable bonds is 9.